The van der Waals surface area contributed by atoms with Crippen molar-refractivity contribution in [1.82, 2.24) is 0 Å². The van der Waals surface area contributed by atoms with E-state index in [2.05, 4.69) is 6.07 Å². The minimum absolute atomic E-state index is 0.438. The third-order valence-corrected chi connectivity index (χ3v) is 3.53. The first kappa shape index (κ1) is 14.9. The van der Waals surface area contributed by atoms with Gasteiger partial charge in [-0.1, -0.05) is 41.4 Å². The van der Waals surface area contributed by atoms with Crippen LogP contribution in [0.25, 0.3) is 0 Å². The first-order chi connectivity index (χ1) is 9.58. The number of aliphatic hydroxyl groups excluding tert-OH is 1. The van der Waals surface area contributed by atoms with Crippen LogP contribution in [0.15, 0.2) is 42.5 Å². The molecule has 20 heavy (non-hydrogen) atoms. The molecule has 0 amide bonds. The summed E-state index contributed by atoms with van der Waals surface area (Å²) in [7, 11) is 1.65. The fourth-order valence-corrected chi connectivity index (χ4v) is 2.41. The van der Waals surface area contributed by atoms with Gasteiger partial charge in [-0.15, -0.1) is 0 Å². The lowest BCUT2D eigenvalue weighted by Gasteiger charge is -2.14. The fourth-order valence-electron chi connectivity index (χ4n) is 2.29. The molecule has 0 bridgehead atoms. The quantitative estimate of drug-likeness (QED) is 0.907. The van der Waals surface area contributed by atoms with Crippen molar-refractivity contribution in [2.75, 3.05) is 7.11 Å². The molecular weight excluding hydrogens is 272 g/mol. The van der Waals surface area contributed by atoms with Gasteiger partial charge in [-0.2, -0.15) is 0 Å². The van der Waals surface area contributed by atoms with Gasteiger partial charge in [0.05, 0.1) is 13.2 Å². The Bertz CT molecular complexity index is 564. The van der Waals surface area contributed by atoms with Crippen molar-refractivity contribution in [3.8, 4) is 5.75 Å². The van der Waals surface area contributed by atoms with Gasteiger partial charge in [0.2, 0.25) is 0 Å². The minimum atomic E-state index is -0.438. The standard InChI is InChI=1S/C17H19ClO2/c1-12-3-8-17(20-2)14(9-12)11-16(19)10-13-4-6-15(18)7-5-13/h3-9,16,19H,10-11H2,1-2H3. The summed E-state index contributed by atoms with van der Waals surface area (Å²) in [6.07, 6.45) is 0.744. The van der Waals surface area contributed by atoms with Gasteiger partial charge in [0.25, 0.3) is 0 Å². The zero-order chi connectivity index (χ0) is 14.5. The molecule has 0 aliphatic heterocycles. The number of methoxy groups -OCH3 is 1. The van der Waals surface area contributed by atoms with Crippen LogP contribution < -0.4 is 4.74 Å². The van der Waals surface area contributed by atoms with Gasteiger partial charge in [0.1, 0.15) is 5.75 Å². The molecule has 0 aromatic heterocycles. The van der Waals surface area contributed by atoms with Crippen LogP contribution in [-0.4, -0.2) is 18.3 Å². The zero-order valence-corrected chi connectivity index (χ0v) is 12.5. The maximum absolute atomic E-state index is 10.2. The van der Waals surface area contributed by atoms with Crippen molar-refractivity contribution < 1.29 is 9.84 Å². The molecule has 0 radical (unpaired) electrons. The molecule has 0 heterocycles. The molecule has 0 spiro atoms. The van der Waals surface area contributed by atoms with E-state index in [0.717, 1.165) is 16.9 Å². The van der Waals surface area contributed by atoms with E-state index in [1.54, 1.807) is 7.11 Å². The molecule has 106 valence electrons. The average Bonchev–Trinajstić information content (AvgIpc) is 2.41. The number of halogens is 1. The van der Waals surface area contributed by atoms with Crippen LogP contribution in [0.3, 0.4) is 0 Å². The second-order valence-electron chi connectivity index (χ2n) is 5.00. The Morgan fingerprint density at radius 3 is 2.45 bits per heavy atom. The summed E-state index contributed by atoms with van der Waals surface area (Å²) in [5.41, 5.74) is 3.28. The van der Waals surface area contributed by atoms with Gasteiger partial charge >= 0.3 is 0 Å². The van der Waals surface area contributed by atoms with Gasteiger partial charge in [-0.3, -0.25) is 0 Å². The van der Waals surface area contributed by atoms with E-state index in [1.807, 2.05) is 43.3 Å². The maximum Gasteiger partial charge on any atom is 0.122 e. The van der Waals surface area contributed by atoms with Gasteiger partial charge < -0.3 is 9.84 Å². The molecule has 2 rings (SSSR count). The van der Waals surface area contributed by atoms with E-state index in [1.165, 1.54) is 5.56 Å². The van der Waals surface area contributed by atoms with Crippen LogP contribution in [0.1, 0.15) is 16.7 Å². The maximum atomic E-state index is 10.2. The molecule has 1 atom stereocenters. The van der Waals surface area contributed by atoms with Crippen molar-refractivity contribution >= 4 is 11.6 Å². The second-order valence-corrected chi connectivity index (χ2v) is 5.44. The highest BCUT2D eigenvalue weighted by Gasteiger charge is 2.11. The Morgan fingerprint density at radius 2 is 1.80 bits per heavy atom. The first-order valence-electron chi connectivity index (χ1n) is 6.64. The number of rotatable bonds is 5. The summed E-state index contributed by atoms with van der Waals surface area (Å²) in [6.45, 7) is 2.04. The minimum Gasteiger partial charge on any atom is -0.496 e. The predicted molar refractivity (Wildman–Crippen MR) is 82.6 cm³/mol. The molecular formula is C17H19ClO2. The van der Waals surface area contributed by atoms with Crippen molar-refractivity contribution in [1.29, 1.82) is 0 Å². The number of hydrogen-bond acceptors (Lipinski definition) is 2. The molecule has 0 saturated carbocycles. The molecule has 1 N–H and O–H groups in total. The topological polar surface area (TPSA) is 29.5 Å². The van der Waals surface area contributed by atoms with Gasteiger partial charge in [0.15, 0.2) is 0 Å². The van der Waals surface area contributed by atoms with Crippen molar-refractivity contribution in [2.24, 2.45) is 0 Å². The number of hydrogen-bond donors (Lipinski definition) is 1. The Labute approximate surface area is 125 Å². The van der Waals surface area contributed by atoms with E-state index < -0.39 is 6.10 Å². The van der Waals surface area contributed by atoms with Crippen molar-refractivity contribution in [3.63, 3.8) is 0 Å². The summed E-state index contributed by atoms with van der Waals surface area (Å²) < 4.78 is 5.34. The highest BCUT2D eigenvalue weighted by atomic mass is 35.5. The fraction of sp³-hybridized carbons (Fsp3) is 0.294. The zero-order valence-electron chi connectivity index (χ0n) is 11.8. The largest absolute Gasteiger partial charge is 0.496 e. The monoisotopic (exact) mass is 290 g/mol. The predicted octanol–water partition coefficient (Wildman–Crippen LogP) is 3.80. The smallest absolute Gasteiger partial charge is 0.122 e. The summed E-state index contributed by atoms with van der Waals surface area (Å²) in [4.78, 5) is 0. The molecule has 0 aliphatic carbocycles. The lowest BCUT2D eigenvalue weighted by atomic mass is 9.99. The van der Waals surface area contributed by atoms with Crippen LogP contribution >= 0.6 is 11.6 Å². The number of aryl methyl sites for hydroxylation is 1. The second kappa shape index (κ2) is 6.78. The van der Waals surface area contributed by atoms with E-state index in [9.17, 15) is 5.11 Å². The van der Waals surface area contributed by atoms with Crippen molar-refractivity contribution in [2.45, 2.75) is 25.9 Å². The van der Waals surface area contributed by atoms with E-state index in [4.69, 9.17) is 16.3 Å². The van der Waals surface area contributed by atoms with Crippen LogP contribution in [0.4, 0.5) is 0 Å². The highest BCUT2D eigenvalue weighted by Crippen LogP contribution is 2.22. The lowest BCUT2D eigenvalue weighted by molar-refractivity contribution is 0.174. The van der Waals surface area contributed by atoms with Crippen LogP contribution in [-0.2, 0) is 12.8 Å². The van der Waals surface area contributed by atoms with Crippen LogP contribution in [0, 0.1) is 6.92 Å². The lowest BCUT2D eigenvalue weighted by Crippen LogP contribution is -2.14. The van der Waals surface area contributed by atoms with E-state index in [-0.39, 0.29) is 0 Å². The number of benzene rings is 2. The molecule has 2 aromatic carbocycles. The Balaban J connectivity index is 2.05. The summed E-state index contributed by atoms with van der Waals surface area (Å²) in [6, 6.07) is 13.6. The summed E-state index contributed by atoms with van der Waals surface area (Å²) >= 11 is 5.86. The first-order valence-corrected chi connectivity index (χ1v) is 7.02. The third-order valence-electron chi connectivity index (χ3n) is 3.28. The van der Waals surface area contributed by atoms with Gasteiger partial charge in [0, 0.05) is 11.4 Å². The Kier molecular flexibility index (Phi) is 5.05. The molecule has 2 nitrogen and oxygen atoms in total. The molecule has 2 aromatic rings. The summed E-state index contributed by atoms with van der Waals surface area (Å²) in [5, 5.41) is 11.0. The van der Waals surface area contributed by atoms with Gasteiger partial charge in [-0.05, 0) is 42.7 Å². The highest BCUT2D eigenvalue weighted by molar-refractivity contribution is 6.30. The molecule has 0 fully saturated rings. The average molecular weight is 291 g/mol. The molecule has 0 saturated heterocycles. The SMILES string of the molecule is COc1ccc(C)cc1CC(O)Cc1ccc(Cl)cc1. The van der Waals surface area contributed by atoms with Crippen LogP contribution in [0.5, 0.6) is 5.75 Å². The van der Waals surface area contributed by atoms with E-state index in [0.29, 0.717) is 17.9 Å². The van der Waals surface area contributed by atoms with Crippen LogP contribution in [0.2, 0.25) is 5.02 Å². The third kappa shape index (κ3) is 3.99. The van der Waals surface area contributed by atoms with Crippen molar-refractivity contribution in [3.05, 3.63) is 64.2 Å². The van der Waals surface area contributed by atoms with E-state index >= 15 is 0 Å². The molecule has 1 unspecified atom stereocenters. The number of aliphatic hydroxyl groups is 1. The normalized spacial score (nSPS) is 12.2. The molecule has 0 aliphatic rings. The molecule has 3 heteroatoms. The number of ether oxygens (including phenoxy) is 1. The Morgan fingerprint density at radius 1 is 1.10 bits per heavy atom. The van der Waals surface area contributed by atoms with Gasteiger partial charge in [-0.25, -0.2) is 0 Å². The summed E-state index contributed by atoms with van der Waals surface area (Å²) in [5.74, 6) is 0.825. The Hall–Kier alpha value is -1.51.